The van der Waals surface area contributed by atoms with Gasteiger partial charge in [0.25, 0.3) is 0 Å². The van der Waals surface area contributed by atoms with E-state index in [9.17, 15) is 4.79 Å². The van der Waals surface area contributed by atoms with Gasteiger partial charge in [0.05, 0.1) is 5.52 Å². The Morgan fingerprint density at radius 3 is 2.75 bits per heavy atom. The lowest BCUT2D eigenvalue weighted by molar-refractivity contribution is -0.138. The molecule has 0 spiro atoms. The van der Waals surface area contributed by atoms with Crippen molar-refractivity contribution in [2.75, 3.05) is 0 Å². The molecule has 0 radical (unpaired) electrons. The Morgan fingerprint density at radius 1 is 1.40 bits per heavy atom. The molecule has 3 nitrogen and oxygen atoms in total. The first-order chi connectivity index (χ1) is 9.29. The quantitative estimate of drug-likeness (QED) is 0.856. The van der Waals surface area contributed by atoms with Crippen LogP contribution in [0.15, 0.2) is 24.3 Å². The minimum absolute atomic E-state index is 0.441. The summed E-state index contributed by atoms with van der Waals surface area (Å²) in [6.07, 6.45) is 0. The number of thioether (sulfide) groups is 1. The van der Waals surface area contributed by atoms with E-state index >= 15 is 0 Å². The summed E-state index contributed by atoms with van der Waals surface area (Å²) in [6, 6.07) is 7.99. The zero-order valence-electron chi connectivity index (χ0n) is 11.6. The molecule has 0 aliphatic rings. The lowest BCUT2D eigenvalue weighted by Crippen LogP contribution is -2.27. The second-order valence-electron chi connectivity index (χ2n) is 5.24. The van der Waals surface area contributed by atoms with Gasteiger partial charge in [-0.05, 0) is 38.5 Å². The molecule has 0 amide bonds. The van der Waals surface area contributed by atoms with Crippen LogP contribution in [0.1, 0.15) is 25.0 Å². The highest BCUT2D eigenvalue weighted by Crippen LogP contribution is 2.31. The third kappa shape index (κ3) is 3.25. The number of fused-ring (bicyclic) bond motifs is 1. The predicted octanol–water partition coefficient (Wildman–Crippen LogP) is 4.29. The molecule has 0 aliphatic heterocycles. The van der Waals surface area contributed by atoms with Crippen molar-refractivity contribution in [3.8, 4) is 0 Å². The molecule has 1 aromatic heterocycles. The van der Waals surface area contributed by atoms with Gasteiger partial charge in [0.15, 0.2) is 0 Å². The first-order valence-corrected chi connectivity index (χ1v) is 7.59. The van der Waals surface area contributed by atoms with Gasteiger partial charge in [0.1, 0.15) is 9.90 Å². The van der Waals surface area contributed by atoms with Crippen molar-refractivity contribution in [1.82, 2.24) is 4.98 Å². The van der Waals surface area contributed by atoms with Crippen molar-refractivity contribution in [1.29, 1.82) is 0 Å². The Balaban J connectivity index is 2.29. The van der Waals surface area contributed by atoms with E-state index in [0.29, 0.717) is 10.9 Å². The van der Waals surface area contributed by atoms with Gasteiger partial charge in [-0.1, -0.05) is 23.7 Å². The van der Waals surface area contributed by atoms with E-state index in [2.05, 4.69) is 4.98 Å². The Hall–Kier alpha value is -1.26. The highest BCUT2D eigenvalue weighted by molar-refractivity contribution is 8.00. The lowest BCUT2D eigenvalue weighted by Gasteiger charge is -2.18. The van der Waals surface area contributed by atoms with Crippen molar-refractivity contribution >= 4 is 40.2 Å². The van der Waals surface area contributed by atoms with E-state index < -0.39 is 10.7 Å². The van der Waals surface area contributed by atoms with Crippen LogP contribution in [0, 0.1) is 6.92 Å². The summed E-state index contributed by atoms with van der Waals surface area (Å²) in [5.74, 6) is -0.308. The fourth-order valence-corrected chi connectivity index (χ4v) is 2.87. The second kappa shape index (κ2) is 5.62. The zero-order valence-corrected chi connectivity index (χ0v) is 13.2. The number of aromatic nitrogens is 1. The summed E-state index contributed by atoms with van der Waals surface area (Å²) in [6.45, 7) is 5.38. The first-order valence-electron chi connectivity index (χ1n) is 6.23. The highest BCUT2D eigenvalue weighted by Gasteiger charge is 2.27. The van der Waals surface area contributed by atoms with E-state index in [4.69, 9.17) is 16.7 Å². The monoisotopic (exact) mass is 309 g/mol. The number of carboxylic acids is 1. The third-order valence-corrected chi connectivity index (χ3v) is 4.78. The maximum Gasteiger partial charge on any atom is 0.319 e. The van der Waals surface area contributed by atoms with E-state index in [0.717, 1.165) is 22.0 Å². The topological polar surface area (TPSA) is 50.2 Å². The molecule has 106 valence electrons. The summed E-state index contributed by atoms with van der Waals surface area (Å²) in [7, 11) is 0. The van der Waals surface area contributed by atoms with Crippen molar-refractivity contribution in [2.45, 2.75) is 31.3 Å². The van der Waals surface area contributed by atoms with Crippen LogP contribution in [-0.2, 0) is 10.5 Å². The lowest BCUT2D eigenvalue weighted by atomic mass is 10.1. The maximum absolute atomic E-state index is 11.1. The number of nitrogens with zero attached hydrogens (tertiary/aromatic N) is 1. The molecule has 20 heavy (non-hydrogen) atoms. The first kappa shape index (κ1) is 15.1. The molecule has 0 saturated heterocycles. The number of aryl methyl sites for hydroxylation is 1. The van der Waals surface area contributed by atoms with Gasteiger partial charge in [-0.2, -0.15) is 0 Å². The van der Waals surface area contributed by atoms with Crippen molar-refractivity contribution in [2.24, 2.45) is 0 Å². The van der Waals surface area contributed by atoms with Gasteiger partial charge in [-0.25, -0.2) is 4.98 Å². The van der Waals surface area contributed by atoms with Crippen LogP contribution in [0.5, 0.6) is 0 Å². The normalized spacial score (nSPS) is 11.8. The summed E-state index contributed by atoms with van der Waals surface area (Å²) < 4.78 is -0.842. The SMILES string of the molecule is Cc1ccc2cc(CSC(C)(C)C(=O)O)c(Cl)nc2c1. The molecule has 5 heteroatoms. The Labute approximate surface area is 127 Å². The van der Waals surface area contributed by atoms with Gasteiger partial charge in [-0.15, -0.1) is 11.8 Å². The number of aliphatic carboxylic acids is 1. The van der Waals surface area contributed by atoms with Crippen LogP contribution in [0.4, 0.5) is 0 Å². The molecule has 2 rings (SSSR count). The van der Waals surface area contributed by atoms with E-state index in [-0.39, 0.29) is 0 Å². The van der Waals surface area contributed by atoms with Gasteiger partial charge in [0.2, 0.25) is 0 Å². The number of carbonyl (C=O) groups is 1. The average Bonchev–Trinajstić information content (AvgIpc) is 2.36. The highest BCUT2D eigenvalue weighted by atomic mass is 35.5. The number of benzene rings is 1. The Kier molecular flexibility index (Phi) is 4.25. The largest absolute Gasteiger partial charge is 0.480 e. The summed E-state index contributed by atoms with van der Waals surface area (Å²) in [5, 5.41) is 10.6. The fourth-order valence-electron chi connectivity index (χ4n) is 1.72. The van der Waals surface area contributed by atoms with Crippen LogP contribution >= 0.6 is 23.4 Å². The molecule has 0 aliphatic carbocycles. The molecule has 0 bridgehead atoms. The van der Waals surface area contributed by atoms with Gasteiger partial charge in [0, 0.05) is 16.7 Å². The van der Waals surface area contributed by atoms with Crippen molar-refractivity contribution in [3.63, 3.8) is 0 Å². The van der Waals surface area contributed by atoms with Gasteiger partial charge < -0.3 is 5.11 Å². The van der Waals surface area contributed by atoms with E-state index in [1.165, 1.54) is 11.8 Å². The molecule has 0 unspecified atom stereocenters. The molecule has 1 aromatic carbocycles. The molecule has 2 aromatic rings. The fraction of sp³-hybridized carbons (Fsp3) is 0.333. The molecule has 0 fully saturated rings. The summed E-state index contributed by atoms with van der Waals surface area (Å²) >= 11 is 7.53. The van der Waals surface area contributed by atoms with Crippen molar-refractivity contribution < 1.29 is 9.90 Å². The maximum atomic E-state index is 11.1. The average molecular weight is 310 g/mol. The number of hydrogen-bond donors (Lipinski definition) is 1. The molecule has 0 saturated carbocycles. The summed E-state index contributed by atoms with van der Waals surface area (Å²) in [5.41, 5.74) is 2.86. The minimum atomic E-state index is -0.842. The smallest absolute Gasteiger partial charge is 0.319 e. The van der Waals surface area contributed by atoms with E-state index in [1.807, 2.05) is 31.2 Å². The number of halogens is 1. The summed E-state index contributed by atoms with van der Waals surface area (Å²) in [4.78, 5) is 15.5. The number of hydrogen-bond acceptors (Lipinski definition) is 3. The number of carboxylic acid groups (broad SMARTS) is 1. The van der Waals surface area contributed by atoms with E-state index in [1.54, 1.807) is 13.8 Å². The van der Waals surface area contributed by atoms with Crippen LogP contribution in [0.3, 0.4) is 0 Å². The second-order valence-corrected chi connectivity index (χ2v) is 7.19. The Morgan fingerprint density at radius 2 is 2.10 bits per heavy atom. The van der Waals surface area contributed by atoms with Crippen LogP contribution in [0.25, 0.3) is 10.9 Å². The predicted molar refractivity (Wildman–Crippen MR) is 84.5 cm³/mol. The minimum Gasteiger partial charge on any atom is -0.480 e. The standard InChI is InChI=1S/C15H16ClNO2S/c1-9-4-5-10-7-11(13(16)17-12(10)6-9)8-20-15(2,3)14(18)19/h4-7H,8H2,1-3H3,(H,18,19). The molecular formula is C15H16ClNO2S. The van der Waals surface area contributed by atoms with Gasteiger partial charge >= 0.3 is 5.97 Å². The number of pyridine rings is 1. The third-order valence-electron chi connectivity index (χ3n) is 3.10. The van der Waals surface area contributed by atoms with Gasteiger partial charge in [-0.3, -0.25) is 4.79 Å². The van der Waals surface area contributed by atoms with Crippen LogP contribution in [0.2, 0.25) is 5.15 Å². The van der Waals surface area contributed by atoms with Crippen LogP contribution < -0.4 is 0 Å². The van der Waals surface area contributed by atoms with Crippen molar-refractivity contribution in [3.05, 3.63) is 40.5 Å². The molecule has 0 atom stereocenters. The molecular weight excluding hydrogens is 294 g/mol. The number of rotatable bonds is 4. The Bertz CT molecular complexity index is 670. The molecule has 1 heterocycles. The van der Waals surface area contributed by atoms with Crippen LogP contribution in [-0.4, -0.2) is 20.8 Å². The zero-order chi connectivity index (χ0) is 14.9. The molecule has 1 N–H and O–H groups in total.